The second kappa shape index (κ2) is 8.13. The van der Waals surface area contributed by atoms with Gasteiger partial charge in [0.05, 0.1) is 12.1 Å². The molecule has 1 N–H and O–H groups in total. The third kappa shape index (κ3) is 4.94. The number of amides is 1. The first kappa shape index (κ1) is 16.7. The average molecular weight is 355 g/mol. The summed E-state index contributed by atoms with van der Waals surface area (Å²) in [7, 11) is 0. The minimum Gasteiger partial charge on any atom is -0.326 e. The van der Waals surface area contributed by atoms with Crippen molar-refractivity contribution in [3.63, 3.8) is 0 Å². The van der Waals surface area contributed by atoms with Gasteiger partial charge < -0.3 is 5.32 Å². The van der Waals surface area contributed by atoms with Gasteiger partial charge in [-0.05, 0) is 31.2 Å². The Bertz CT molecular complexity index is 815. The highest BCUT2D eigenvalue weighted by Crippen LogP contribution is 2.24. The zero-order chi connectivity index (χ0) is 16.8. The third-order valence-electron chi connectivity index (χ3n) is 3.34. The summed E-state index contributed by atoms with van der Waals surface area (Å²) in [4.78, 5) is 17.9. The molecule has 0 atom stereocenters. The zero-order valence-electron chi connectivity index (χ0n) is 13.4. The van der Waals surface area contributed by atoms with E-state index in [9.17, 15) is 4.79 Å². The van der Waals surface area contributed by atoms with Crippen molar-refractivity contribution >= 4 is 34.7 Å². The molecular formula is C19H18N2OS2. The lowest BCUT2D eigenvalue weighted by Gasteiger charge is -2.03. The summed E-state index contributed by atoms with van der Waals surface area (Å²) in [6.45, 7) is 2.09. The average Bonchev–Trinajstić information content (AvgIpc) is 3.01. The molecule has 3 aromatic rings. The van der Waals surface area contributed by atoms with Gasteiger partial charge in [-0.15, -0.1) is 23.1 Å². The Balaban J connectivity index is 1.52. The van der Waals surface area contributed by atoms with E-state index in [2.05, 4.69) is 41.5 Å². The molecule has 1 aromatic heterocycles. The molecule has 0 aliphatic rings. The number of benzene rings is 2. The number of aryl methyl sites for hydroxylation is 1. The van der Waals surface area contributed by atoms with Gasteiger partial charge in [0, 0.05) is 21.7 Å². The van der Waals surface area contributed by atoms with E-state index in [0.29, 0.717) is 6.42 Å². The maximum absolute atomic E-state index is 12.1. The van der Waals surface area contributed by atoms with E-state index in [-0.39, 0.29) is 5.91 Å². The Morgan fingerprint density at radius 2 is 2.00 bits per heavy atom. The number of nitrogens with one attached hydrogen (secondary N) is 1. The largest absolute Gasteiger partial charge is 0.326 e. The van der Waals surface area contributed by atoms with E-state index in [1.165, 1.54) is 10.5 Å². The number of thiazole rings is 1. The van der Waals surface area contributed by atoms with Gasteiger partial charge in [0.2, 0.25) is 5.91 Å². The molecule has 24 heavy (non-hydrogen) atoms. The topological polar surface area (TPSA) is 42.0 Å². The molecular weight excluding hydrogens is 336 g/mol. The van der Waals surface area contributed by atoms with Crippen molar-refractivity contribution < 1.29 is 4.79 Å². The van der Waals surface area contributed by atoms with Gasteiger partial charge in [-0.2, -0.15) is 0 Å². The van der Waals surface area contributed by atoms with E-state index in [1.807, 2.05) is 35.7 Å². The molecule has 0 fully saturated rings. The van der Waals surface area contributed by atoms with E-state index >= 15 is 0 Å². The summed E-state index contributed by atoms with van der Waals surface area (Å²) in [5.41, 5.74) is 3.10. The number of anilines is 1. The van der Waals surface area contributed by atoms with Crippen LogP contribution in [0.4, 0.5) is 5.69 Å². The van der Waals surface area contributed by atoms with Crippen LogP contribution in [-0.4, -0.2) is 10.9 Å². The number of para-hydroxylation sites is 1. The van der Waals surface area contributed by atoms with Crippen LogP contribution < -0.4 is 5.32 Å². The SMILES string of the molecule is Cc1cccc(SCc2csc(CC(=O)Nc3ccccc3)n2)c1. The Morgan fingerprint density at radius 3 is 2.79 bits per heavy atom. The Labute approximate surface area is 150 Å². The summed E-state index contributed by atoms with van der Waals surface area (Å²) in [5, 5.41) is 5.77. The molecule has 0 radical (unpaired) electrons. The van der Waals surface area contributed by atoms with Crippen LogP contribution >= 0.6 is 23.1 Å². The standard InChI is InChI=1S/C19H18N2OS2/c1-14-6-5-9-17(10-14)23-12-16-13-24-19(21-16)11-18(22)20-15-7-3-2-4-8-15/h2-10,13H,11-12H2,1H3,(H,20,22). The van der Waals surface area contributed by atoms with Gasteiger partial charge >= 0.3 is 0 Å². The second-order valence-corrected chi connectivity index (χ2v) is 7.42. The summed E-state index contributed by atoms with van der Waals surface area (Å²) in [5.74, 6) is 0.786. The molecule has 0 saturated carbocycles. The van der Waals surface area contributed by atoms with Gasteiger partial charge in [-0.3, -0.25) is 4.79 Å². The predicted octanol–water partition coefficient (Wildman–Crippen LogP) is 4.93. The van der Waals surface area contributed by atoms with Crippen LogP contribution in [0.5, 0.6) is 0 Å². The molecule has 1 amide bonds. The number of thioether (sulfide) groups is 1. The van der Waals surface area contributed by atoms with Gasteiger partial charge in [-0.25, -0.2) is 4.98 Å². The zero-order valence-corrected chi connectivity index (χ0v) is 15.0. The van der Waals surface area contributed by atoms with E-state index in [1.54, 1.807) is 23.1 Å². The molecule has 3 rings (SSSR count). The van der Waals surface area contributed by atoms with Gasteiger partial charge in [-0.1, -0.05) is 35.9 Å². The van der Waals surface area contributed by atoms with E-state index in [0.717, 1.165) is 22.1 Å². The fourth-order valence-corrected chi connectivity index (χ4v) is 4.03. The Kier molecular flexibility index (Phi) is 5.67. The molecule has 0 aliphatic carbocycles. The van der Waals surface area contributed by atoms with Gasteiger partial charge in [0.1, 0.15) is 5.01 Å². The van der Waals surface area contributed by atoms with Crippen LogP contribution in [0.2, 0.25) is 0 Å². The van der Waals surface area contributed by atoms with Crippen molar-refractivity contribution in [2.45, 2.75) is 24.0 Å². The smallest absolute Gasteiger partial charge is 0.231 e. The lowest BCUT2D eigenvalue weighted by molar-refractivity contribution is -0.115. The number of aromatic nitrogens is 1. The minimum atomic E-state index is -0.0339. The Hall–Kier alpha value is -2.11. The van der Waals surface area contributed by atoms with Gasteiger partial charge in [0.15, 0.2) is 0 Å². The summed E-state index contributed by atoms with van der Waals surface area (Å²) in [6.07, 6.45) is 0.314. The number of carbonyl (C=O) groups excluding carboxylic acids is 1. The summed E-state index contributed by atoms with van der Waals surface area (Å²) < 4.78 is 0. The fraction of sp³-hybridized carbons (Fsp3) is 0.158. The van der Waals surface area contributed by atoms with Crippen LogP contribution in [-0.2, 0) is 17.0 Å². The van der Waals surface area contributed by atoms with Crippen molar-refractivity contribution in [2.75, 3.05) is 5.32 Å². The van der Waals surface area contributed by atoms with Crippen LogP contribution in [0.15, 0.2) is 64.9 Å². The first-order chi connectivity index (χ1) is 11.7. The number of hydrogen-bond acceptors (Lipinski definition) is 4. The molecule has 3 nitrogen and oxygen atoms in total. The van der Waals surface area contributed by atoms with Crippen molar-refractivity contribution in [3.8, 4) is 0 Å². The van der Waals surface area contributed by atoms with Crippen molar-refractivity contribution in [2.24, 2.45) is 0 Å². The summed E-state index contributed by atoms with van der Waals surface area (Å²) >= 11 is 3.31. The maximum atomic E-state index is 12.1. The normalized spacial score (nSPS) is 10.5. The monoisotopic (exact) mass is 354 g/mol. The highest BCUT2D eigenvalue weighted by molar-refractivity contribution is 7.98. The molecule has 122 valence electrons. The van der Waals surface area contributed by atoms with Crippen molar-refractivity contribution in [1.29, 1.82) is 0 Å². The number of hydrogen-bond donors (Lipinski definition) is 1. The van der Waals surface area contributed by atoms with E-state index in [4.69, 9.17) is 0 Å². The van der Waals surface area contributed by atoms with Crippen LogP contribution in [0.1, 0.15) is 16.3 Å². The third-order valence-corrected chi connectivity index (χ3v) is 5.27. The molecule has 5 heteroatoms. The molecule has 2 aromatic carbocycles. The molecule has 0 unspecified atom stereocenters. The number of carbonyl (C=O) groups is 1. The van der Waals surface area contributed by atoms with E-state index < -0.39 is 0 Å². The minimum absolute atomic E-state index is 0.0339. The maximum Gasteiger partial charge on any atom is 0.231 e. The lowest BCUT2D eigenvalue weighted by atomic mass is 10.2. The van der Waals surface area contributed by atoms with Crippen LogP contribution in [0.3, 0.4) is 0 Å². The second-order valence-electron chi connectivity index (χ2n) is 5.43. The predicted molar refractivity (Wildman–Crippen MR) is 102 cm³/mol. The molecule has 0 spiro atoms. The van der Waals surface area contributed by atoms with Crippen molar-refractivity contribution in [1.82, 2.24) is 4.98 Å². The first-order valence-electron chi connectivity index (χ1n) is 7.67. The van der Waals surface area contributed by atoms with Crippen LogP contribution in [0, 0.1) is 6.92 Å². The molecule has 1 heterocycles. The molecule has 0 bridgehead atoms. The highest BCUT2D eigenvalue weighted by atomic mass is 32.2. The molecule has 0 saturated heterocycles. The van der Waals surface area contributed by atoms with Gasteiger partial charge in [0.25, 0.3) is 0 Å². The summed E-state index contributed by atoms with van der Waals surface area (Å²) in [6, 6.07) is 17.9. The highest BCUT2D eigenvalue weighted by Gasteiger charge is 2.09. The Morgan fingerprint density at radius 1 is 1.17 bits per heavy atom. The first-order valence-corrected chi connectivity index (χ1v) is 9.53. The fourth-order valence-electron chi connectivity index (χ4n) is 2.22. The van der Waals surface area contributed by atoms with Crippen LogP contribution in [0.25, 0.3) is 0 Å². The number of rotatable bonds is 6. The lowest BCUT2D eigenvalue weighted by Crippen LogP contribution is -2.14. The quantitative estimate of drug-likeness (QED) is 0.639. The van der Waals surface area contributed by atoms with Crippen molar-refractivity contribution in [3.05, 3.63) is 76.2 Å². The molecule has 0 aliphatic heterocycles. The number of nitrogens with zero attached hydrogens (tertiary/aromatic N) is 1.